The number of carbonyl (C=O) groups is 1. The molecule has 21 heavy (non-hydrogen) atoms. The lowest BCUT2D eigenvalue weighted by Gasteiger charge is -2.26. The van der Waals surface area contributed by atoms with E-state index in [1.165, 1.54) is 0 Å². The lowest BCUT2D eigenvalue weighted by atomic mass is 9.82. The van der Waals surface area contributed by atoms with E-state index in [0.717, 1.165) is 16.5 Å². The predicted octanol–water partition coefficient (Wildman–Crippen LogP) is 4.07. The number of rotatable bonds is 7. The van der Waals surface area contributed by atoms with Crippen molar-refractivity contribution in [1.29, 1.82) is 0 Å². The molecule has 0 aliphatic heterocycles. The number of carboxylic acid groups (broad SMARTS) is 1. The minimum Gasteiger partial charge on any atom is -0.481 e. The van der Waals surface area contributed by atoms with Crippen LogP contribution in [0.15, 0.2) is 28.7 Å². The van der Waals surface area contributed by atoms with E-state index in [1.807, 2.05) is 38.1 Å². The van der Waals surface area contributed by atoms with Gasteiger partial charge in [-0.2, -0.15) is 0 Å². The first kappa shape index (κ1) is 15.9. The Kier molecular flexibility index (Phi) is 4.91. The highest BCUT2D eigenvalue weighted by Gasteiger charge is 2.34. The summed E-state index contributed by atoms with van der Waals surface area (Å²) < 4.78 is 5.49. The molecule has 4 nitrogen and oxygen atoms in total. The highest BCUT2D eigenvalue weighted by molar-refractivity contribution is 6.30. The van der Waals surface area contributed by atoms with Crippen molar-refractivity contribution in [3.63, 3.8) is 0 Å². The molecule has 0 fully saturated rings. The van der Waals surface area contributed by atoms with Gasteiger partial charge >= 0.3 is 5.97 Å². The molecular weight excluding hydrogens is 290 g/mol. The van der Waals surface area contributed by atoms with E-state index in [9.17, 15) is 9.90 Å². The van der Waals surface area contributed by atoms with E-state index in [4.69, 9.17) is 16.0 Å². The van der Waals surface area contributed by atoms with Crippen LogP contribution in [-0.2, 0) is 11.3 Å². The number of hydrogen-bond acceptors (Lipinski definition) is 3. The summed E-state index contributed by atoms with van der Waals surface area (Å²) in [6.45, 7) is 4.70. The summed E-state index contributed by atoms with van der Waals surface area (Å²) in [6, 6.07) is 7.64. The number of para-hydroxylation sites is 1. The monoisotopic (exact) mass is 309 g/mol. The van der Waals surface area contributed by atoms with Crippen molar-refractivity contribution in [2.75, 3.05) is 6.54 Å². The third-order valence-electron chi connectivity index (χ3n) is 4.22. The Balaban J connectivity index is 2.12. The molecule has 0 amide bonds. The summed E-state index contributed by atoms with van der Waals surface area (Å²) in [6.07, 6.45) is 1.18. The normalized spacial score (nSPS) is 12.0. The summed E-state index contributed by atoms with van der Waals surface area (Å²) >= 11 is 6.12. The molecule has 0 saturated carbocycles. The first-order valence-corrected chi connectivity index (χ1v) is 7.52. The van der Waals surface area contributed by atoms with Gasteiger partial charge in [0.05, 0.1) is 5.41 Å². The zero-order valence-corrected chi connectivity index (χ0v) is 13.0. The molecule has 0 radical (unpaired) electrons. The second kappa shape index (κ2) is 6.50. The van der Waals surface area contributed by atoms with Gasteiger partial charge in [0.25, 0.3) is 0 Å². The van der Waals surface area contributed by atoms with Crippen molar-refractivity contribution < 1.29 is 14.3 Å². The van der Waals surface area contributed by atoms with Gasteiger partial charge in [-0.05, 0) is 30.5 Å². The van der Waals surface area contributed by atoms with Gasteiger partial charge in [-0.1, -0.05) is 32.0 Å². The average Bonchev–Trinajstić information content (AvgIpc) is 2.79. The summed E-state index contributed by atoms with van der Waals surface area (Å²) in [4.78, 5) is 11.5. The van der Waals surface area contributed by atoms with E-state index < -0.39 is 11.4 Å². The fraction of sp³-hybridized carbons (Fsp3) is 0.438. The van der Waals surface area contributed by atoms with E-state index >= 15 is 0 Å². The van der Waals surface area contributed by atoms with Crippen LogP contribution >= 0.6 is 11.6 Å². The Labute approximate surface area is 129 Å². The maximum Gasteiger partial charge on any atom is 0.310 e. The molecule has 0 aliphatic rings. The third-order valence-corrected chi connectivity index (χ3v) is 4.53. The number of hydrogen-bond donors (Lipinski definition) is 2. The molecule has 114 valence electrons. The van der Waals surface area contributed by atoms with Crippen molar-refractivity contribution in [1.82, 2.24) is 5.32 Å². The van der Waals surface area contributed by atoms with Crippen LogP contribution in [0.5, 0.6) is 0 Å². The van der Waals surface area contributed by atoms with Gasteiger partial charge in [0, 0.05) is 24.0 Å². The van der Waals surface area contributed by atoms with Crippen LogP contribution in [0.25, 0.3) is 11.0 Å². The molecular formula is C16H20ClNO3. The molecule has 1 aromatic heterocycles. The van der Waals surface area contributed by atoms with Crippen LogP contribution in [0.4, 0.5) is 0 Å². The highest BCUT2D eigenvalue weighted by atomic mass is 35.5. The molecule has 1 aromatic carbocycles. The molecule has 2 rings (SSSR count). The van der Waals surface area contributed by atoms with Gasteiger partial charge < -0.3 is 14.8 Å². The van der Waals surface area contributed by atoms with Crippen LogP contribution in [0.3, 0.4) is 0 Å². The minimum atomic E-state index is -0.761. The summed E-state index contributed by atoms with van der Waals surface area (Å²) in [5, 5.41) is 14.0. The molecule has 5 heteroatoms. The largest absolute Gasteiger partial charge is 0.481 e. The van der Waals surface area contributed by atoms with Gasteiger partial charge in [-0.3, -0.25) is 4.79 Å². The van der Waals surface area contributed by atoms with Gasteiger partial charge in [0.2, 0.25) is 0 Å². The Morgan fingerprint density at radius 3 is 2.62 bits per heavy atom. The SMILES string of the molecule is CCC(CC)(CNCc1c(Cl)oc2ccccc12)C(=O)O. The number of carboxylic acids is 1. The lowest BCUT2D eigenvalue weighted by molar-refractivity contribution is -0.149. The molecule has 2 N–H and O–H groups in total. The number of furan rings is 1. The Morgan fingerprint density at radius 2 is 2.00 bits per heavy atom. The number of halogens is 1. The van der Waals surface area contributed by atoms with Gasteiger partial charge in [0.1, 0.15) is 5.58 Å². The van der Waals surface area contributed by atoms with E-state index in [-0.39, 0.29) is 0 Å². The average molecular weight is 310 g/mol. The molecule has 0 unspecified atom stereocenters. The first-order chi connectivity index (χ1) is 10.0. The quantitative estimate of drug-likeness (QED) is 0.809. The smallest absolute Gasteiger partial charge is 0.310 e. The maximum atomic E-state index is 11.5. The highest BCUT2D eigenvalue weighted by Crippen LogP contribution is 2.30. The molecule has 2 aromatic rings. The minimum absolute atomic E-state index is 0.359. The maximum absolute atomic E-state index is 11.5. The fourth-order valence-electron chi connectivity index (χ4n) is 2.54. The number of benzene rings is 1. The summed E-state index contributed by atoms with van der Waals surface area (Å²) in [5.74, 6) is -0.761. The molecule has 0 bridgehead atoms. The van der Waals surface area contributed by atoms with Crippen molar-refractivity contribution in [3.8, 4) is 0 Å². The van der Waals surface area contributed by atoms with E-state index in [0.29, 0.717) is 31.2 Å². The molecule has 0 aliphatic carbocycles. The zero-order chi connectivity index (χ0) is 15.5. The Morgan fingerprint density at radius 1 is 1.33 bits per heavy atom. The summed E-state index contributed by atoms with van der Waals surface area (Å²) in [5.41, 5.74) is 0.889. The molecule has 0 atom stereocenters. The van der Waals surface area contributed by atoms with E-state index in [2.05, 4.69) is 5.32 Å². The van der Waals surface area contributed by atoms with Crippen molar-refractivity contribution >= 4 is 28.5 Å². The number of aliphatic carboxylic acids is 1. The van der Waals surface area contributed by atoms with Crippen molar-refractivity contribution in [2.45, 2.75) is 33.2 Å². The van der Waals surface area contributed by atoms with Crippen LogP contribution in [0, 0.1) is 5.41 Å². The fourth-order valence-corrected chi connectivity index (χ4v) is 2.79. The number of fused-ring (bicyclic) bond motifs is 1. The van der Waals surface area contributed by atoms with Crippen molar-refractivity contribution in [2.24, 2.45) is 5.41 Å². The predicted molar refractivity (Wildman–Crippen MR) is 83.6 cm³/mol. The van der Waals surface area contributed by atoms with Crippen LogP contribution < -0.4 is 5.32 Å². The molecule has 1 heterocycles. The molecule has 0 spiro atoms. The Hall–Kier alpha value is -1.52. The van der Waals surface area contributed by atoms with Crippen molar-refractivity contribution in [3.05, 3.63) is 35.0 Å². The van der Waals surface area contributed by atoms with Gasteiger partial charge in [0.15, 0.2) is 5.22 Å². The van der Waals surface area contributed by atoms with Gasteiger partial charge in [-0.15, -0.1) is 0 Å². The zero-order valence-electron chi connectivity index (χ0n) is 12.3. The first-order valence-electron chi connectivity index (χ1n) is 7.14. The second-order valence-electron chi connectivity index (χ2n) is 5.25. The van der Waals surface area contributed by atoms with Gasteiger partial charge in [-0.25, -0.2) is 0 Å². The van der Waals surface area contributed by atoms with Crippen LogP contribution in [0.2, 0.25) is 5.22 Å². The standard InChI is InChI=1S/C16H20ClNO3/c1-3-16(4-2,15(19)20)10-18-9-12-11-7-5-6-8-13(11)21-14(12)17/h5-8,18H,3-4,9-10H2,1-2H3,(H,19,20). The lowest BCUT2D eigenvalue weighted by Crippen LogP contribution is -2.40. The van der Waals surface area contributed by atoms with Crippen LogP contribution in [-0.4, -0.2) is 17.6 Å². The summed E-state index contributed by atoms with van der Waals surface area (Å²) in [7, 11) is 0. The second-order valence-corrected chi connectivity index (χ2v) is 5.59. The Bertz CT molecular complexity index is 631. The van der Waals surface area contributed by atoms with E-state index in [1.54, 1.807) is 0 Å². The number of nitrogens with one attached hydrogen (secondary N) is 1. The molecule has 0 saturated heterocycles. The topological polar surface area (TPSA) is 62.5 Å². The van der Waals surface area contributed by atoms with Crippen LogP contribution in [0.1, 0.15) is 32.3 Å². The third kappa shape index (κ3) is 3.06.